The van der Waals surface area contributed by atoms with Crippen molar-refractivity contribution >= 4 is 17.7 Å². The van der Waals surface area contributed by atoms with Gasteiger partial charge in [0.05, 0.1) is 5.75 Å². The predicted octanol–water partition coefficient (Wildman–Crippen LogP) is 4.72. The summed E-state index contributed by atoms with van der Waals surface area (Å²) in [5.41, 5.74) is 3.10. The Hall–Kier alpha value is -2.80. The number of nitrogens with one attached hydrogen (secondary N) is 1. The minimum absolute atomic E-state index is 0.00148. The highest BCUT2D eigenvalue weighted by Crippen LogP contribution is 2.26. The normalized spacial score (nSPS) is 11.0. The third-order valence-corrected chi connectivity index (χ3v) is 5.77. The summed E-state index contributed by atoms with van der Waals surface area (Å²) in [4.78, 5) is 12.2. The van der Waals surface area contributed by atoms with Crippen molar-refractivity contribution in [1.29, 1.82) is 0 Å². The van der Waals surface area contributed by atoms with Gasteiger partial charge in [0.1, 0.15) is 12.4 Å². The molecule has 0 bridgehead atoms. The lowest BCUT2D eigenvalue weighted by Gasteiger charge is -2.13. The Morgan fingerprint density at radius 3 is 2.45 bits per heavy atom. The molecule has 1 N–H and O–H groups in total. The standard InChI is InChI=1S/C24H30N4O2S/c1-17(2)13-14-25-22(29)16-31-24-27-26-21(28(24)20-11-6-5-7-12-20)15-30-23-18(3)9-8-10-19(23)4/h5-12,17H,13-16H2,1-4H3,(H,25,29). The number of thioether (sulfide) groups is 1. The number of carbonyl (C=O) groups is 1. The first-order chi connectivity index (χ1) is 15.0. The molecule has 0 atom stereocenters. The maximum absolute atomic E-state index is 12.2. The summed E-state index contributed by atoms with van der Waals surface area (Å²) in [5.74, 6) is 2.41. The number of hydrogen-bond acceptors (Lipinski definition) is 5. The van der Waals surface area contributed by atoms with Crippen LogP contribution in [0.1, 0.15) is 37.2 Å². The van der Waals surface area contributed by atoms with Gasteiger partial charge in [0.15, 0.2) is 11.0 Å². The molecule has 31 heavy (non-hydrogen) atoms. The fraction of sp³-hybridized carbons (Fsp3) is 0.375. The molecule has 1 aromatic heterocycles. The molecule has 1 heterocycles. The van der Waals surface area contributed by atoms with Crippen molar-refractivity contribution in [3.8, 4) is 11.4 Å². The molecule has 0 aliphatic rings. The number of aromatic nitrogens is 3. The molecule has 0 spiro atoms. The van der Waals surface area contributed by atoms with Crippen LogP contribution in [0.5, 0.6) is 5.75 Å². The van der Waals surface area contributed by atoms with Gasteiger partial charge in [-0.2, -0.15) is 0 Å². The summed E-state index contributed by atoms with van der Waals surface area (Å²) < 4.78 is 8.08. The minimum Gasteiger partial charge on any atom is -0.485 e. The summed E-state index contributed by atoms with van der Waals surface area (Å²) in [6.07, 6.45) is 0.969. The van der Waals surface area contributed by atoms with Crippen LogP contribution in [0.4, 0.5) is 0 Å². The highest BCUT2D eigenvalue weighted by Gasteiger charge is 2.17. The van der Waals surface area contributed by atoms with Crippen molar-refractivity contribution < 1.29 is 9.53 Å². The Kier molecular flexibility index (Phi) is 8.12. The lowest BCUT2D eigenvalue weighted by atomic mass is 10.1. The van der Waals surface area contributed by atoms with E-state index in [1.807, 2.05) is 66.9 Å². The van der Waals surface area contributed by atoms with Crippen molar-refractivity contribution in [2.24, 2.45) is 5.92 Å². The Labute approximate surface area is 188 Å². The third-order valence-electron chi connectivity index (χ3n) is 4.85. The SMILES string of the molecule is Cc1cccc(C)c1OCc1nnc(SCC(=O)NCCC(C)C)n1-c1ccccc1. The van der Waals surface area contributed by atoms with Crippen LogP contribution >= 0.6 is 11.8 Å². The topological polar surface area (TPSA) is 69.0 Å². The van der Waals surface area contributed by atoms with E-state index in [1.165, 1.54) is 11.8 Å². The molecule has 164 valence electrons. The van der Waals surface area contributed by atoms with E-state index in [0.717, 1.165) is 29.0 Å². The van der Waals surface area contributed by atoms with Crippen LogP contribution in [0, 0.1) is 19.8 Å². The summed E-state index contributed by atoms with van der Waals surface area (Å²) in [6, 6.07) is 16.0. The maximum Gasteiger partial charge on any atom is 0.230 e. The zero-order valence-electron chi connectivity index (χ0n) is 18.6. The van der Waals surface area contributed by atoms with Crippen LogP contribution in [-0.2, 0) is 11.4 Å². The zero-order chi connectivity index (χ0) is 22.2. The van der Waals surface area contributed by atoms with Crippen LogP contribution in [0.2, 0.25) is 0 Å². The van der Waals surface area contributed by atoms with Crippen LogP contribution in [0.25, 0.3) is 5.69 Å². The number of carbonyl (C=O) groups excluding carboxylic acids is 1. The summed E-state index contributed by atoms with van der Waals surface area (Å²) in [6.45, 7) is 9.33. The maximum atomic E-state index is 12.2. The molecule has 1 amide bonds. The monoisotopic (exact) mass is 438 g/mol. The van der Waals surface area contributed by atoms with Gasteiger partial charge in [0.25, 0.3) is 0 Å². The molecule has 3 aromatic rings. The Morgan fingerprint density at radius 1 is 1.06 bits per heavy atom. The van der Waals surface area contributed by atoms with Gasteiger partial charge in [-0.05, 0) is 49.4 Å². The first kappa shape index (κ1) is 22.9. The molecular formula is C24H30N4O2S. The van der Waals surface area contributed by atoms with E-state index in [9.17, 15) is 4.79 Å². The van der Waals surface area contributed by atoms with E-state index in [4.69, 9.17) is 4.74 Å². The van der Waals surface area contributed by atoms with Crippen molar-refractivity contribution in [1.82, 2.24) is 20.1 Å². The highest BCUT2D eigenvalue weighted by atomic mass is 32.2. The smallest absolute Gasteiger partial charge is 0.230 e. The average Bonchev–Trinajstić information content (AvgIpc) is 3.15. The van der Waals surface area contributed by atoms with Crippen LogP contribution < -0.4 is 10.1 Å². The van der Waals surface area contributed by atoms with Gasteiger partial charge in [-0.15, -0.1) is 10.2 Å². The molecule has 0 aliphatic heterocycles. The van der Waals surface area contributed by atoms with Gasteiger partial charge >= 0.3 is 0 Å². The van der Waals surface area contributed by atoms with Gasteiger partial charge in [-0.3, -0.25) is 9.36 Å². The summed E-state index contributed by atoms with van der Waals surface area (Å²) in [7, 11) is 0. The molecule has 0 aliphatic carbocycles. The third kappa shape index (κ3) is 6.34. The second-order valence-electron chi connectivity index (χ2n) is 7.90. The number of para-hydroxylation sites is 2. The molecular weight excluding hydrogens is 408 g/mol. The first-order valence-electron chi connectivity index (χ1n) is 10.5. The predicted molar refractivity (Wildman–Crippen MR) is 125 cm³/mol. The van der Waals surface area contributed by atoms with Crippen molar-refractivity contribution in [3.05, 3.63) is 65.5 Å². The van der Waals surface area contributed by atoms with E-state index in [0.29, 0.717) is 29.2 Å². The number of rotatable bonds is 10. The molecule has 0 fully saturated rings. The minimum atomic E-state index is 0.00148. The van der Waals surface area contributed by atoms with E-state index in [-0.39, 0.29) is 12.5 Å². The summed E-state index contributed by atoms with van der Waals surface area (Å²) in [5, 5.41) is 12.4. The van der Waals surface area contributed by atoms with Crippen molar-refractivity contribution in [2.75, 3.05) is 12.3 Å². The summed E-state index contributed by atoms with van der Waals surface area (Å²) >= 11 is 1.38. The quantitative estimate of drug-likeness (QED) is 0.464. The zero-order valence-corrected chi connectivity index (χ0v) is 19.4. The molecule has 0 saturated heterocycles. The fourth-order valence-electron chi connectivity index (χ4n) is 3.17. The molecule has 7 heteroatoms. The number of hydrogen-bond donors (Lipinski definition) is 1. The number of amides is 1. The Morgan fingerprint density at radius 2 is 1.77 bits per heavy atom. The second kappa shape index (κ2) is 11.0. The Bertz CT molecular complexity index is 982. The second-order valence-corrected chi connectivity index (χ2v) is 8.84. The average molecular weight is 439 g/mol. The number of aryl methyl sites for hydroxylation is 2. The molecule has 0 radical (unpaired) electrons. The van der Waals surface area contributed by atoms with E-state index >= 15 is 0 Å². The van der Waals surface area contributed by atoms with Gasteiger partial charge in [-0.1, -0.05) is 62.0 Å². The van der Waals surface area contributed by atoms with Crippen molar-refractivity contribution in [3.63, 3.8) is 0 Å². The molecule has 3 rings (SSSR count). The van der Waals surface area contributed by atoms with Gasteiger partial charge in [0, 0.05) is 12.2 Å². The lowest BCUT2D eigenvalue weighted by molar-refractivity contribution is -0.118. The van der Waals surface area contributed by atoms with Crippen LogP contribution in [0.3, 0.4) is 0 Å². The van der Waals surface area contributed by atoms with E-state index < -0.39 is 0 Å². The molecule has 0 saturated carbocycles. The fourth-order valence-corrected chi connectivity index (χ4v) is 3.97. The van der Waals surface area contributed by atoms with Gasteiger partial charge in [0.2, 0.25) is 5.91 Å². The highest BCUT2D eigenvalue weighted by molar-refractivity contribution is 7.99. The lowest BCUT2D eigenvalue weighted by Crippen LogP contribution is -2.27. The first-order valence-corrected chi connectivity index (χ1v) is 11.5. The van der Waals surface area contributed by atoms with Gasteiger partial charge < -0.3 is 10.1 Å². The van der Waals surface area contributed by atoms with E-state index in [1.54, 1.807) is 0 Å². The Balaban J connectivity index is 1.75. The number of ether oxygens (including phenoxy) is 1. The number of benzene rings is 2. The van der Waals surface area contributed by atoms with Gasteiger partial charge in [-0.25, -0.2) is 0 Å². The largest absolute Gasteiger partial charge is 0.485 e. The molecule has 2 aromatic carbocycles. The van der Waals surface area contributed by atoms with E-state index in [2.05, 4.69) is 29.4 Å². The number of nitrogens with zero attached hydrogens (tertiary/aromatic N) is 3. The van der Waals surface area contributed by atoms with Crippen LogP contribution in [0.15, 0.2) is 53.7 Å². The molecule has 6 nitrogen and oxygen atoms in total. The van der Waals surface area contributed by atoms with Crippen LogP contribution in [-0.4, -0.2) is 33.0 Å². The molecule has 0 unspecified atom stereocenters. The van der Waals surface area contributed by atoms with Crippen molar-refractivity contribution in [2.45, 2.75) is 45.9 Å².